The highest BCUT2D eigenvalue weighted by Gasteiger charge is 2.18. The van der Waals surface area contributed by atoms with Crippen LogP contribution < -0.4 is 0 Å². The number of thiophene rings is 1. The van der Waals surface area contributed by atoms with Gasteiger partial charge in [-0.05, 0) is 37.8 Å². The monoisotopic (exact) mass is 277 g/mol. The third-order valence-electron chi connectivity index (χ3n) is 2.88. The van der Waals surface area contributed by atoms with E-state index in [1.54, 1.807) is 0 Å². The number of allylic oxidation sites excluding steroid dienone is 1. The Labute approximate surface area is 115 Å². The van der Waals surface area contributed by atoms with E-state index < -0.39 is 0 Å². The van der Waals surface area contributed by atoms with Gasteiger partial charge in [-0.25, -0.2) is 0 Å². The van der Waals surface area contributed by atoms with E-state index in [1.807, 2.05) is 38.3 Å². The normalized spacial score (nSPS) is 12.2. The first-order chi connectivity index (χ1) is 8.56. The quantitative estimate of drug-likeness (QED) is 0.732. The van der Waals surface area contributed by atoms with Crippen LogP contribution in [0.5, 0.6) is 0 Å². The molecule has 2 aromatic heterocycles. The van der Waals surface area contributed by atoms with E-state index in [9.17, 15) is 5.26 Å². The van der Waals surface area contributed by atoms with Gasteiger partial charge in [-0.1, -0.05) is 17.7 Å². The van der Waals surface area contributed by atoms with Gasteiger partial charge in [0.25, 0.3) is 0 Å². The van der Waals surface area contributed by atoms with E-state index in [0.29, 0.717) is 10.6 Å². The predicted molar refractivity (Wildman–Crippen MR) is 75.5 cm³/mol. The summed E-state index contributed by atoms with van der Waals surface area (Å²) in [5.74, 6) is 1.59. The summed E-state index contributed by atoms with van der Waals surface area (Å²) in [4.78, 5) is 0.875. The van der Waals surface area contributed by atoms with Crippen molar-refractivity contribution in [2.75, 3.05) is 0 Å². The number of halogens is 1. The summed E-state index contributed by atoms with van der Waals surface area (Å²) in [5.41, 5.74) is 2.32. The third-order valence-corrected chi connectivity index (χ3v) is 4.15. The van der Waals surface area contributed by atoms with Crippen molar-refractivity contribution in [3.63, 3.8) is 0 Å². The number of nitrogens with zero attached hydrogens (tertiary/aromatic N) is 1. The molecule has 0 spiro atoms. The lowest BCUT2D eigenvalue weighted by Crippen LogP contribution is -1.86. The Hall–Kier alpha value is -1.50. The Morgan fingerprint density at radius 1 is 1.33 bits per heavy atom. The molecule has 0 aliphatic carbocycles. The first-order valence-corrected chi connectivity index (χ1v) is 6.72. The van der Waals surface area contributed by atoms with Gasteiger partial charge in [0.1, 0.15) is 17.6 Å². The molecule has 0 bridgehead atoms. The van der Waals surface area contributed by atoms with Crippen LogP contribution in [-0.4, -0.2) is 0 Å². The van der Waals surface area contributed by atoms with E-state index in [0.717, 1.165) is 27.5 Å². The first-order valence-electron chi connectivity index (χ1n) is 5.47. The minimum Gasteiger partial charge on any atom is -0.466 e. The fourth-order valence-corrected chi connectivity index (χ4v) is 3.08. The minimum absolute atomic E-state index is 0.465. The van der Waals surface area contributed by atoms with Crippen LogP contribution in [0.1, 0.15) is 27.5 Å². The summed E-state index contributed by atoms with van der Waals surface area (Å²) in [5, 5.41) is 11.7. The lowest BCUT2D eigenvalue weighted by Gasteiger charge is -2.02. The predicted octanol–water partition coefficient (Wildman–Crippen LogP) is 4.90. The maximum absolute atomic E-state index is 9.30. The molecule has 4 heteroatoms. The molecule has 0 fully saturated rings. The molecule has 0 aliphatic rings. The smallest absolute Gasteiger partial charge is 0.110 e. The van der Waals surface area contributed by atoms with Crippen molar-refractivity contribution in [2.45, 2.75) is 20.8 Å². The topological polar surface area (TPSA) is 36.9 Å². The molecule has 2 rings (SSSR count). The van der Waals surface area contributed by atoms with Crippen LogP contribution in [0, 0.1) is 32.1 Å². The molecule has 0 amide bonds. The minimum atomic E-state index is 0.465. The second-order valence-electron chi connectivity index (χ2n) is 3.99. The first kappa shape index (κ1) is 12.9. The number of nitriles is 1. The Balaban J connectivity index is 2.66. The van der Waals surface area contributed by atoms with Gasteiger partial charge in [0.15, 0.2) is 0 Å². The van der Waals surface area contributed by atoms with Crippen molar-refractivity contribution < 1.29 is 4.42 Å². The largest absolute Gasteiger partial charge is 0.466 e. The van der Waals surface area contributed by atoms with Gasteiger partial charge in [-0.2, -0.15) is 5.26 Å². The molecule has 2 aromatic rings. The van der Waals surface area contributed by atoms with Crippen molar-refractivity contribution in [1.82, 2.24) is 0 Å². The van der Waals surface area contributed by atoms with Crippen molar-refractivity contribution in [3.05, 3.63) is 45.0 Å². The summed E-state index contributed by atoms with van der Waals surface area (Å²) >= 11 is 7.89. The average Bonchev–Trinajstić information content (AvgIpc) is 2.90. The second kappa shape index (κ2) is 5.01. The van der Waals surface area contributed by atoms with Crippen LogP contribution in [-0.2, 0) is 0 Å². The zero-order chi connectivity index (χ0) is 13.3. The molecular weight excluding hydrogens is 266 g/mol. The lowest BCUT2D eigenvalue weighted by molar-refractivity contribution is 0.502. The number of hydrogen-bond acceptors (Lipinski definition) is 3. The van der Waals surface area contributed by atoms with Gasteiger partial charge in [0, 0.05) is 10.4 Å². The molecule has 0 saturated heterocycles. The lowest BCUT2D eigenvalue weighted by atomic mass is 10.1. The summed E-state index contributed by atoms with van der Waals surface area (Å²) in [7, 11) is 0. The number of rotatable bonds is 2. The van der Waals surface area contributed by atoms with Gasteiger partial charge in [-0.3, -0.25) is 0 Å². The maximum atomic E-state index is 9.30. The van der Waals surface area contributed by atoms with Crippen LogP contribution in [0.3, 0.4) is 0 Å². The van der Waals surface area contributed by atoms with Gasteiger partial charge >= 0.3 is 0 Å². The van der Waals surface area contributed by atoms with Crippen LogP contribution in [0.25, 0.3) is 10.6 Å². The summed E-state index contributed by atoms with van der Waals surface area (Å²) in [6, 6.07) is 5.98. The highest BCUT2D eigenvalue weighted by Crippen LogP contribution is 2.36. The van der Waals surface area contributed by atoms with Crippen molar-refractivity contribution in [1.29, 1.82) is 5.26 Å². The molecule has 0 saturated carbocycles. The Kier molecular flexibility index (Phi) is 3.60. The van der Waals surface area contributed by atoms with Gasteiger partial charge < -0.3 is 4.42 Å². The summed E-state index contributed by atoms with van der Waals surface area (Å²) < 4.78 is 5.55. The highest BCUT2D eigenvalue weighted by atomic mass is 35.5. The third kappa shape index (κ3) is 2.10. The zero-order valence-corrected chi connectivity index (χ0v) is 11.9. The standard InChI is InChI=1S/C14H12ClNOS/c1-8-9(2)17-10(3)13(8)14(15)11(7-16)12-5-4-6-18-12/h4-6H,1-3H3. The molecule has 0 aliphatic heterocycles. The van der Waals surface area contributed by atoms with Crippen LogP contribution in [0.15, 0.2) is 21.9 Å². The van der Waals surface area contributed by atoms with Crippen molar-refractivity contribution in [2.24, 2.45) is 0 Å². The molecule has 92 valence electrons. The molecule has 2 nitrogen and oxygen atoms in total. The zero-order valence-electron chi connectivity index (χ0n) is 10.4. The van der Waals surface area contributed by atoms with Gasteiger partial charge in [-0.15, -0.1) is 11.3 Å². The van der Waals surface area contributed by atoms with Crippen LogP contribution in [0.4, 0.5) is 0 Å². The molecule has 2 heterocycles. The summed E-state index contributed by atoms with van der Waals surface area (Å²) in [6.07, 6.45) is 0. The maximum Gasteiger partial charge on any atom is 0.110 e. The number of furan rings is 1. The SMILES string of the molecule is Cc1oc(C)c(C(Cl)=C(C#N)c2cccs2)c1C. The van der Waals surface area contributed by atoms with E-state index >= 15 is 0 Å². The fraction of sp³-hybridized carbons (Fsp3) is 0.214. The van der Waals surface area contributed by atoms with Crippen LogP contribution in [0.2, 0.25) is 0 Å². The fourth-order valence-electron chi connectivity index (χ4n) is 1.87. The second-order valence-corrected chi connectivity index (χ2v) is 5.32. The summed E-state index contributed by atoms with van der Waals surface area (Å²) in [6.45, 7) is 5.71. The highest BCUT2D eigenvalue weighted by molar-refractivity contribution is 7.11. The Morgan fingerprint density at radius 3 is 2.50 bits per heavy atom. The molecule has 0 radical (unpaired) electrons. The molecular formula is C14H12ClNOS. The molecule has 0 unspecified atom stereocenters. The molecule has 0 atom stereocenters. The van der Waals surface area contributed by atoms with E-state index in [1.165, 1.54) is 11.3 Å². The van der Waals surface area contributed by atoms with E-state index in [-0.39, 0.29) is 0 Å². The Morgan fingerprint density at radius 2 is 2.06 bits per heavy atom. The van der Waals surface area contributed by atoms with Crippen LogP contribution >= 0.6 is 22.9 Å². The van der Waals surface area contributed by atoms with Gasteiger partial charge in [0.05, 0.1) is 10.6 Å². The molecule has 18 heavy (non-hydrogen) atoms. The Bertz CT molecular complexity index is 644. The number of hydrogen-bond donors (Lipinski definition) is 0. The van der Waals surface area contributed by atoms with Gasteiger partial charge in [0.2, 0.25) is 0 Å². The van der Waals surface area contributed by atoms with E-state index in [4.69, 9.17) is 16.0 Å². The number of aryl methyl sites for hydroxylation is 2. The molecule has 0 aromatic carbocycles. The molecule has 0 N–H and O–H groups in total. The van der Waals surface area contributed by atoms with E-state index in [2.05, 4.69) is 6.07 Å². The average molecular weight is 278 g/mol. The van der Waals surface area contributed by atoms with Crippen molar-refractivity contribution >= 4 is 33.5 Å². The van der Waals surface area contributed by atoms with Crippen molar-refractivity contribution in [3.8, 4) is 6.07 Å².